The molecule has 1 aliphatic rings. The van der Waals surface area contributed by atoms with Crippen molar-refractivity contribution in [1.29, 1.82) is 0 Å². The summed E-state index contributed by atoms with van der Waals surface area (Å²) in [4.78, 5) is 22.5. The second kappa shape index (κ2) is 5.17. The van der Waals surface area contributed by atoms with Crippen LogP contribution in [0.2, 0.25) is 0 Å². The fraction of sp³-hybridized carbons (Fsp3) is 0.231. The van der Waals surface area contributed by atoms with E-state index in [4.69, 9.17) is 5.11 Å². The number of carboxylic acids is 1. The summed E-state index contributed by atoms with van der Waals surface area (Å²) in [5.74, 6) is -3.95. The average Bonchev–Trinajstić information content (AvgIpc) is 2.80. The van der Waals surface area contributed by atoms with Gasteiger partial charge in [-0.05, 0) is 24.6 Å². The minimum atomic E-state index is -0.982. The zero-order valence-electron chi connectivity index (χ0n) is 9.77. The number of aliphatic carboxylic acids is 1. The predicted octanol–water partition coefficient (Wildman–Crippen LogP) is 1.72. The van der Waals surface area contributed by atoms with E-state index >= 15 is 0 Å². The lowest BCUT2D eigenvalue weighted by molar-refractivity contribution is -0.140. The Kier molecular flexibility index (Phi) is 3.59. The first-order chi connectivity index (χ1) is 8.97. The molecule has 2 N–H and O–H groups in total. The molecule has 6 heteroatoms. The van der Waals surface area contributed by atoms with Crippen molar-refractivity contribution in [2.45, 2.75) is 12.5 Å². The zero-order valence-corrected chi connectivity index (χ0v) is 9.77. The second-order valence-electron chi connectivity index (χ2n) is 4.27. The first kappa shape index (κ1) is 13.2. The van der Waals surface area contributed by atoms with Crippen LogP contribution in [0.25, 0.3) is 0 Å². The molecule has 0 aromatic heterocycles. The number of carbonyl (C=O) groups excluding carboxylic acids is 1. The zero-order chi connectivity index (χ0) is 14.0. The fourth-order valence-corrected chi connectivity index (χ4v) is 1.91. The Balaban J connectivity index is 2.05. The molecular formula is C13H11F2NO3. The fourth-order valence-electron chi connectivity index (χ4n) is 1.91. The quantitative estimate of drug-likeness (QED) is 0.819. The summed E-state index contributed by atoms with van der Waals surface area (Å²) in [5, 5.41) is 11.2. The lowest BCUT2D eigenvalue weighted by Gasteiger charge is -2.12. The van der Waals surface area contributed by atoms with Gasteiger partial charge in [0.1, 0.15) is 11.6 Å². The first-order valence-corrected chi connectivity index (χ1v) is 5.64. The normalized spacial score (nSPS) is 21.4. The minimum Gasteiger partial charge on any atom is -0.481 e. The Bertz CT molecular complexity index is 557. The SMILES string of the molecule is O=C(NC1C=CC(C(=O)O)C1)c1cc(F)ccc1F. The molecule has 0 radical (unpaired) electrons. The summed E-state index contributed by atoms with van der Waals surface area (Å²) >= 11 is 0. The van der Waals surface area contributed by atoms with Crippen LogP contribution < -0.4 is 5.32 Å². The van der Waals surface area contributed by atoms with E-state index in [-0.39, 0.29) is 6.42 Å². The predicted molar refractivity (Wildman–Crippen MR) is 62.5 cm³/mol. The van der Waals surface area contributed by atoms with Gasteiger partial charge < -0.3 is 10.4 Å². The van der Waals surface area contributed by atoms with Gasteiger partial charge in [0.05, 0.1) is 11.5 Å². The average molecular weight is 267 g/mol. The number of amides is 1. The maximum absolute atomic E-state index is 13.4. The topological polar surface area (TPSA) is 66.4 Å². The highest BCUT2D eigenvalue weighted by atomic mass is 19.1. The van der Waals surface area contributed by atoms with Crippen LogP contribution in [0.4, 0.5) is 8.78 Å². The lowest BCUT2D eigenvalue weighted by atomic mass is 10.1. The molecule has 1 amide bonds. The number of hydrogen-bond donors (Lipinski definition) is 2. The van der Waals surface area contributed by atoms with E-state index in [1.165, 1.54) is 12.2 Å². The van der Waals surface area contributed by atoms with Crippen molar-refractivity contribution in [2.75, 3.05) is 0 Å². The van der Waals surface area contributed by atoms with Crippen LogP contribution in [0.3, 0.4) is 0 Å². The number of hydrogen-bond acceptors (Lipinski definition) is 2. The van der Waals surface area contributed by atoms with Crippen LogP contribution in [0.15, 0.2) is 30.4 Å². The maximum Gasteiger partial charge on any atom is 0.310 e. The molecule has 2 unspecified atom stereocenters. The standard InChI is InChI=1S/C13H11F2NO3/c14-8-2-4-11(15)10(6-8)12(17)16-9-3-1-7(5-9)13(18)19/h1-4,6-7,9H,5H2,(H,16,17)(H,18,19). The number of rotatable bonds is 3. The molecule has 2 rings (SSSR count). The molecule has 1 aliphatic carbocycles. The molecule has 0 heterocycles. The molecule has 2 atom stereocenters. The third-order valence-electron chi connectivity index (χ3n) is 2.89. The molecule has 19 heavy (non-hydrogen) atoms. The lowest BCUT2D eigenvalue weighted by Crippen LogP contribution is -2.33. The van der Waals surface area contributed by atoms with Crippen molar-refractivity contribution in [3.8, 4) is 0 Å². The Morgan fingerprint density at radius 2 is 2.00 bits per heavy atom. The largest absolute Gasteiger partial charge is 0.481 e. The molecule has 0 bridgehead atoms. The monoisotopic (exact) mass is 267 g/mol. The summed E-state index contributed by atoms with van der Waals surface area (Å²) in [5.41, 5.74) is -0.396. The van der Waals surface area contributed by atoms with Crippen molar-refractivity contribution in [1.82, 2.24) is 5.32 Å². The number of nitrogens with one attached hydrogen (secondary N) is 1. The van der Waals surface area contributed by atoms with Gasteiger partial charge in [0.15, 0.2) is 0 Å². The van der Waals surface area contributed by atoms with Gasteiger partial charge in [-0.1, -0.05) is 12.2 Å². The van der Waals surface area contributed by atoms with Gasteiger partial charge in [0.25, 0.3) is 5.91 Å². The highest BCUT2D eigenvalue weighted by Crippen LogP contribution is 2.19. The third-order valence-corrected chi connectivity index (χ3v) is 2.89. The summed E-state index contributed by atoms with van der Waals surface area (Å²) in [6.07, 6.45) is 3.21. The first-order valence-electron chi connectivity index (χ1n) is 5.64. The van der Waals surface area contributed by atoms with Gasteiger partial charge in [0.2, 0.25) is 0 Å². The van der Waals surface area contributed by atoms with E-state index in [0.717, 1.165) is 18.2 Å². The number of halogens is 2. The summed E-state index contributed by atoms with van der Waals surface area (Å²) < 4.78 is 26.3. The van der Waals surface area contributed by atoms with Crippen LogP contribution in [-0.2, 0) is 4.79 Å². The molecule has 0 spiro atoms. The summed E-state index contributed by atoms with van der Waals surface area (Å²) in [6, 6.07) is 2.10. The Hall–Kier alpha value is -2.24. The third kappa shape index (κ3) is 2.96. The van der Waals surface area contributed by atoms with Gasteiger partial charge in [-0.2, -0.15) is 0 Å². The maximum atomic E-state index is 13.4. The molecule has 0 saturated carbocycles. The van der Waals surface area contributed by atoms with Crippen molar-refractivity contribution < 1.29 is 23.5 Å². The van der Waals surface area contributed by atoms with E-state index in [1.807, 2.05) is 0 Å². The number of benzene rings is 1. The minimum absolute atomic E-state index is 0.206. The highest BCUT2D eigenvalue weighted by Gasteiger charge is 2.26. The van der Waals surface area contributed by atoms with Crippen molar-refractivity contribution >= 4 is 11.9 Å². The Morgan fingerprint density at radius 1 is 1.26 bits per heavy atom. The molecule has 0 fully saturated rings. The van der Waals surface area contributed by atoms with Crippen molar-refractivity contribution in [3.63, 3.8) is 0 Å². The van der Waals surface area contributed by atoms with E-state index in [1.54, 1.807) is 0 Å². The second-order valence-corrected chi connectivity index (χ2v) is 4.27. The number of carboxylic acid groups (broad SMARTS) is 1. The summed E-state index contributed by atoms with van der Waals surface area (Å²) in [7, 11) is 0. The van der Waals surface area contributed by atoms with Gasteiger partial charge in [-0.15, -0.1) is 0 Å². The van der Waals surface area contributed by atoms with E-state index in [2.05, 4.69) is 5.32 Å². The van der Waals surface area contributed by atoms with Crippen molar-refractivity contribution in [3.05, 3.63) is 47.5 Å². The number of carbonyl (C=O) groups is 2. The van der Waals surface area contributed by atoms with E-state index in [9.17, 15) is 18.4 Å². The van der Waals surface area contributed by atoms with Gasteiger partial charge in [-0.25, -0.2) is 8.78 Å². The van der Waals surface area contributed by atoms with E-state index in [0.29, 0.717) is 0 Å². The van der Waals surface area contributed by atoms with Crippen LogP contribution in [-0.4, -0.2) is 23.0 Å². The van der Waals surface area contributed by atoms with Crippen molar-refractivity contribution in [2.24, 2.45) is 5.92 Å². The van der Waals surface area contributed by atoms with Crippen LogP contribution in [0.5, 0.6) is 0 Å². The smallest absolute Gasteiger partial charge is 0.310 e. The molecular weight excluding hydrogens is 256 g/mol. The van der Waals surface area contributed by atoms with Gasteiger partial charge >= 0.3 is 5.97 Å². The Labute approximate surface area is 107 Å². The molecule has 4 nitrogen and oxygen atoms in total. The highest BCUT2D eigenvalue weighted by molar-refractivity contribution is 5.94. The van der Waals surface area contributed by atoms with Crippen LogP contribution >= 0.6 is 0 Å². The van der Waals surface area contributed by atoms with Gasteiger partial charge in [0, 0.05) is 6.04 Å². The van der Waals surface area contributed by atoms with Gasteiger partial charge in [-0.3, -0.25) is 9.59 Å². The molecule has 0 saturated heterocycles. The molecule has 100 valence electrons. The Morgan fingerprint density at radius 3 is 2.63 bits per heavy atom. The summed E-state index contributed by atoms with van der Waals surface area (Å²) in [6.45, 7) is 0. The molecule has 0 aliphatic heterocycles. The molecule has 1 aromatic carbocycles. The van der Waals surface area contributed by atoms with E-state index < -0.39 is 41.0 Å². The van der Waals surface area contributed by atoms with Crippen LogP contribution in [0, 0.1) is 17.6 Å². The molecule has 1 aromatic rings. The van der Waals surface area contributed by atoms with Crippen LogP contribution in [0.1, 0.15) is 16.8 Å².